The third-order valence-electron chi connectivity index (χ3n) is 2.55. The van der Waals surface area contributed by atoms with Gasteiger partial charge in [0.15, 0.2) is 0 Å². The number of pyridine rings is 1. The summed E-state index contributed by atoms with van der Waals surface area (Å²) in [6, 6.07) is 10.4. The van der Waals surface area contributed by atoms with Gasteiger partial charge < -0.3 is 5.73 Å². The smallest absolute Gasteiger partial charge is 0.0704 e. The highest BCUT2D eigenvalue weighted by molar-refractivity contribution is 5.78. The summed E-state index contributed by atoms with van der Waals surface area (Å²) in [5, 5.41) is 1.18. The van der Waals surface area contributed by atoms with E-state index in [-0.39, 0.29) is 0 Å². The van der Waals surface area contributed by atoms with Crippen molar-refractivity contribution in [3.05, 3.63) is 42.1 Å². The lowest BCUT2D eigenvalue weighted by atomic mass is 10.00. The molecule has 1 atom stereocenters. The van der Waals surface area contributed by atoms with Gasteiger partial charge in [-0.05, 0) is 30.2 Å². The van der Waals surface area contributed by atoms with Crippen molar-refractivity contribution in [2.45, 2.75) is 12.8 Å². The van der Waals surface area contributed by atoms with Crippen LogP contribution in [-0.2, 0) is 0 Å². The molecule has 2 N–H and O–H groups in total. The molecule has 1 aromatic heterocycles. The molecule has 2 heteroatoms. The lowest BCUT2D eigenvalue weighted by Crippen LogP contribution is -2.08. The molecule has 0 amide bonds. The van der Waals surface area contributed by atoms with Gasteiger partial charge in [-0.2, -0.15) is 0 Å². The predicted molar refractivity (Wildman–Crippen MR) is 59.2 cm³/mol. The summed E-state index contributed by atoms with van der Waals surface area (Å²) >= 11 is 0. The maximum Gasteiger partial charge on any atom is 0.0704 e. The van der Waals surface area contributed by atoms with E-state index in [9.17, 15) is 0 Å². The SMILES string of the molecule is C[C@H](CN)c1ccc2cccnc2c1. The van der Waals surface area contributed by atoms with Crippen LogP contribution < -0.4 is 5.73 Å². The van der Waals surface area contributed by atoms with Crippen molar-refractivity contribution in [2.75, 3.05) is 6.54 Å². The Balaban J connectivity index is 2.51. The van der Waals surface area contributed by atoms with Crippen LogP contribution >= 0.6 is 0 Å². The maximum absolute atomic E-state index is 5.63. The molecule has 2 aromatic rings. The Bertz CT molecular complexity index is 437. The highest BCUT2D eigenvalue weighted by atomic mass is 14.6. The molecule has 2 nitrogen and oxygen atoms in total. The summed E-state index contributed by atoms with van der Waals surface area (Å²) in [6.07, 6.45) is 1.82. The van der Waals surface area contributed by atoms with Gasteiger partial charge in [-0.1, -0.05) is 25.1 Å². The molecular weight excluding hydrogens is 172 g/mol. The van der Waals surface area contributed by atoms with Gasteiger partial charge in [-0.25, -0.2) is 0 Å². The first-order valence-electron chi connectivity index (χ1n) is 4.86. The molecular formula is C12H14N2. The van der Waals surface area contributed by atoms with E-state index in [2.05, 4.69) is 36.2 Å². The quantitative estimate of drug-likeness (QED) is 0.781. The number of benzene rings is 1. The number of fused-ring (bicyclic) bond motifs is 1. The Hall–Kier alpha value is -1.41. The van der Waals surface area contributed by atoms with E-state index in [1.165, 1.54) is 10.9 Å². The minimum absolute atomic E-state index is 0.404. The second-order valence-electron chi connectivity index (χ2n) is 3.59. The molecule has 72 valence electrons. The summed E-state index contributed by atoms with van der Waals surface area (Å²) in [6.45, 7) is 2.81. The number of hydrogen-bond donors (Lipinski definition) is 1. The highest BCUT2D eigenvalue weighted by Gasteiger charge is 2.03. The van der Waals surface area contributed by atoms with Crippen LogP contribution in [0.2, 0.25) is 0 Å². The van der Waals surface area contributed by atoms with Gasteiger partial charge in [0, 0.05) is 11.6 Å². The topological polar surface area (TPSA) is 38.9 Å². The average molecular weight is 186 g/mol. The minimum atomic E-state index is 0.404. The van der Waals surface area contributed by atoms with E-state index in [0.29, 0.717) is 12.5 Å². The van der Waals surface area contributed by atoms with Gasteiger partial charge in [0.1, 0.15) is 0 Å². The fourth-order valence-corrected chi connectivity index (χ4v) is 1.53. The molecule has 0 saturated heterocycles. The Kier molecular flexibility index (Phi) is 2.46. The normalized spacial score (nSPS) is 13.0. The van der Waals surface area contributed by atoms with Crippen LogP contribution in [0.15, 0.2) is 36.5 Å². The van der Waals surface area contributed by atoms with E-state index in [1.54, 1.807) is 0 Å². The maximum atomic E-state index is 5.63. The molecule has 0 radical (unpaired) electrons. The van der Waals surface area contributed by atoms with E-state index < -0.39 is 0 Å². The molecule has 0 spiro atoms. The second-order valence-corrected chi connectivity index (χ2v) is 3.59. The largest absolute Gasteiger partial charge is 0.330 e. The predicted octanol–water partition coefficient (Wildman–Crippen LogP) is 2.30. The van der Waals surface area contributed by atoms with Crippen molar-refractivity contribution in [3.63, 3.8) is 0 Å². The number of aromatic nitrogens is 1. The third-order valence-corrected chi connectivity index (χ3v) is 2.55. The third kappa shape index (κ3) is 1.61. The van der Waals surface area contributed by atoms with Crippen LogP contribution in [0.25, 0.3) is 10.9 Å². The van der Waals surface area contributed by atoms with Crippen molar-refractivity contribution < 1.29 is 0 Å². The number of nitrogens with two attached hydrogens (primary N) is 1. The van der Waals surface area contributed by atoms with Gasteiger partial charge in [0.05, 0.1) is 5.52 Å². The van der Waals surface area contributed by atoms with Crippen LogP contribution in [-0.4, -0.2) is 11.5 Å². The Morgan fingerprint density at radius 3 is 3.00 bits per heavy atom. The standard InChI is InChI=1S/C12H14N2/c1-9(8-13)11-5-4-10-3-2-6-14-12(10)7-11/h2-7,9H,8,13H2,1H3/t9-/m1/s1. The van der Waals surface area contributed by atoms with Crippen molar-refractivity contribution in [3.8, 4) is 0 Å². The van der Waals surface area contributed by atoms with Gasteiger partial charge >= 0.3 is 0 Å². The molecule has 0 aliphatic carbocycles. The van der Waals surface area contributed by atoms with E-state index >= 15 is 0 Å². The lowest BCUT2D eigenvalue weighted by Gasteiger charge is -2.09. The van der Waals surface area contributed by atoms with Crippen LogP contribution in [0.3, 0.4) is 0 Å². The van der Waals surface area contributed by atoms with Gasteiger partial charge in [-0.15, -0.1) is 0 Å². The van der Waals surface area contributed by atoms with Crippen molar-refractivity contribution in [1.29, 1.82) is 0 Å². The number of nitrogens with zero attached hydrogens (tertiary/aromatic N) is 1. The van der Waals surface area contributed by atoms with Crippen LogP contribution in [0.1, 0.15) is 18.4 Å². The molecule has 1 aromatic carbocycles. The Morgan fingerprint density at radius 2 is 2.21 bits per heavy atom. The van der Waals surface area contributed by atoms with Crippen LogP contribution in [0.4, 0.5) is 0 Å². The molecule has 2 rings (SSSR count). The lowest BCUT2D eigenvalue weighted by molar-refractivity contribution is 0.775. The van der Waals surface area contributed by atoms with Crippen LogP contribution in [0.5, 0.6) is 0 Å². The zero-order chi connectivity index (χ0) is 9.97. The molecule has 0 saturated carbocycles. The fourth-order valence-electron chi connectivity index (χ4n) is 1.53. The second kappa shape index (κ2) is 3.76. The van der Waals surface area contributed by atoms with Crippen LogP contribution in [0, 0.1) is 0 Å². The average Bonchev–Trinajstić information content (AvgIpc) is 2.27. The summed E-state index contributed by atoms with van der Waals surface area (Å²) in [7, 11) is 0. The van der Waals surface area contributed by atoms with Crippen molar-refractivity contribution in [1.82, 2.24) is 4.98 Å². The van der Waals surface area contributed by atoms with E-state index in [4.69, 9.17) is 5.73 Å². The molecule has 1 heterocycles. The summed E-state index contributed by atoms with van der Waals surface area (Å²) in [5.74, 6) is 0.404. The Morgan fingerprint density at radius 1 is 1.36 bits per heavy atom. The minimum Gasteiger partial charge on any atom is -0.330 e. The number of hydrogen-bond acceptors (Lipinski definition) is 2. The molecule has 0 fully saturated rings. The first-order chi connectivity index (χ1) is 6.81. The number of rotatable bonds is 2. The van der Waals surface area contributed by atoms with Gasteiger partial charge in [0.2, 0.25) is 0 Å². The van der Waals surface area contributed by atoms with Gasteiger partial charge in [-0.3, -0.25) is 4.98 Å². The van der Waals surface area contributed by atoms with Gasteiger partial charge in [0.25, 0.3) is 0 Å². The fraction of sp³-hybridized carbons (Fsp3) is 0.250. The van der Waals surface area contributed by atoms with Crippen molar-refractivity contribution in [2.24, 2.45) is 5.73 Å². The van der Waals surface area contributed by atoms with Crippen molar-refractivity contribution >= 4 is 10.9 Å². The zero-order valence-corrected chi connectivity index (χ0v) is 8.27. The molecule has 0 aliphatic rings. The molecule has 0 bridgehead atoms. The Labute approximate surface area is 83.8 Å². The molecule has 14 heavy (non-hydrogen) atoms. The first-order valence-corrected chi connectivity index (χ1v) is 4.86. The summed E-state index contributed by atoms with van der Waals surface area (Å²) in [4.78, 5) is 4.32. The molecule has 0 unspecified atom stereocenters. The van der Waals surface area contributed by atoms with E-state index in [1.807, 2.05) is 12.3 Å². The summed E-state index contributed by atoms with van der Waals surface area (Å²) in [5.41, 5.74) is 7.94. The molecule has 0 aliphatic heterocycles. The summed E-state index contributed by atoms with van der Waals surface area (Å²) < 4.78 is 0. The zero-order valence-electron chi connectivity index (χ0n) is 8.27. The highest BCUT2D eigenvalue weighted by Crippen LogP contribution is 2.19. The van der Waals surface area contributed by atoms with E-state index in [0.717, 1.165) is 5.52 Å². The first kappa shape index (κ1) is 9.16. The monoisotopic (exact) mass is 186 g/mol.